The van der Waals surface area contributed by atoms with Crippen molar-refractivity contribution in [1.82, 2.24) is 4.90 Å². The standard InChI is InChI=1S/C16H15F3N2O3/c1-10(22)21-8-15(9-21)5-13(6-15)23-14-3-2-12(4-11(14)7-20)24-16(17,18)19/h2-4,13H,5-6,8-9H2,1H3. The van der Waals surface area contributed by atoms with Crippen LogP contribution in [0.1, 0.15) is 25.3 Å². The van der Waals surface area contributed by atoms with Crippen LogP contribution in [0.5, 0.6) is 11.5 Å². The maximum Gasteiger partial charge on any atom is 0.573 e. The Hall–Kier alpha value is -2.43. The summed E-state index contributed by atoms with van der Waals surface area (Å²) in [4.78, 5) is 13.0. The monoisotopic (exact) mass is 340 g/mol. The number of halogens is 3. The van der Waals surface area contributed by atoms with Crippen molar-refractivity contribution in [3.8, 4) is 17.6 Å². The van der Waals surface area contributed by atoms with Crippen molar-refractivity contribution < 1.29 is 27.4 Å². The topological polar surface area (TPSA) is 62.6 Å². The van der Waals surface area contributed by atoms with Crippen molar-refractivity contribution >= 4 is 5.91 Å². The van der Waals surface area contributed by atoms with Gasteiger partial charge in [0.2, 0.25) is 5.91 Å². The van der Waals surface area contributed by atoms with Gasteiger partial charge in [-0.3, -0.25) is 4.79 Å². The molecule has 1 saturated carbocycles. The molecule has 1 spiro atoms. The number of carbonyl (C=O) groups excluding carboxylic acids is 1. The number of alkyl halides is 3. The fourth-order valence-corrected chi connectivity index (χ4v) is 3.31. The molecule has 0 unspecified atom stereocenters. The summed E-state index contributed by atoms with van der Waals surface area (Å²) in [6.45, 7) is 2.96. The van der Waals surface area contributed by atoms with E-state index in [9.17, 15) is 18.0 Å². The highest BCUT2D eigenvalue weighted by atomic mass is 19.4. The van der Waals surface area contributed by atoms with E-state index in [2.05, 4.69) is 4.74 Å². The van der Waals surface area contributed by atoms with Crippen LogP contribution in [-0.4, -0.2) is 36.4 Å². The lowest BCUT2D eigenvalue weighted by Crippen LogP contribution is -2.65. The second kappa shape index (κ2) is 5.58. The van der Waals surface area contributed by atoms with Crippen LogP contribution < -0.4 is 9.47 Å². The molecule has 0 N–H and O–H groups in total. The van der Waals surface area contributed by atoms with Gasteiger partial charge in [-0.05, 0) is 25.0 Å². The molecule has 1 saturated heterocycles. The Morgan fingerprint density at radius 2 is 2.04 bits per heavy atom. The van der Waals surface area contributed by atoms with Gasteiger partial charge in [0.25, 0.3) is 0 Å². The minimum Gasteiger partial charge on any atom is -0.489 e. The predicted molar refractivity (Wildman–Crippen MR) is 76.2 cm³/mol. The van der Waals surface area contributed by atoms with Gasteiger partial charge in [-0.15, -0.1) is 13.2 Å². The summed E-state index contributed by atoms with van der Waals surface area (Å²) >= 11 is 0. The molecule has 1 amide bonds. The molecule has 1 heterocycles. The number of hydrogen-bond donors (Lipinski definition) is 0. The van der Waals surface area contributed by atoms with Gasteiger partial charge in [0.1, 0.15) is 23.7 Å². The Kier molecular flexibility index (Phi) is 3.82. The van der Waals surface area contributed by atoms with E-state index in [-0.39, 0.29) is 28.7 Å². The third-order valence-electron chi connectivity index (χ3n) is 4.42. The lowest BCUT2D eigenvalue weighted by molar-refractivity contribution is -0.274. The molecular formula is C16H15F3N2O3. The van der Waals surface area contributed by atoms with Gasteiger partial charge in [0.05, 0.1) is 5.56 Å². The van der Waals surface area contributed by atoms with E-state index >= 15 is 0 Å². The number of rotatable bonds is 3. The van der Waals surface area contributed by atoms with E-state index in [0.717, 1.165) is 25.0 Å². The van der Waals surface area contributed by atoms with E-state index in [1.54, 1.807) is 4.90 Å². The minimum absolute atomic E-state index is 0.00308. The number of amides is 1. The third kappa shape index (κ3) is 3.25. The molecule has 1 aliphatic carbocycles. The fourth-order valence-electron chi connectivity index (χ4n) is 3.31. The molecule has 0 aromatic heterocycles. The number of nitriles is 1. The first kappa shape index (κ1) is 16.4. The highest BCUT2D eigenvalue weighted by Crippen LogP contribution is 2.49. The molecule has 1 aromatic rings. The fraction of sp³-hybridized carbons (Fsp3) is 0.500. The second-order valence-electron chi connectivity index (χ2n) is 6.34. The number of hydrogen-bond acceptors (Lipinski definition) is 4. The average molecular weight is 340 g/mol. The Morgan fingerprint density at radius 1 is 1.38 bits per heavy atom. The van der Waals surface area contributed by atoms with Crippen molar-refractivity contribution in [2.45, 2.75) is 32.2 Å². The summed E-state index contributed by atoms with van der Waals surface area (Å²) < 4.78 is 46.1. The molecule has 1 aromatic carbocycles. The maximum atomic E-state index is 12.2. The first-order valence-electron chi connectivity index (χ1n) is 7.42. The quantitative estimate of drug-likeness (QED) is 0.849. The van der Waals surface area contributed by atoms with Crippen LogP contribution in [0.4, 0.5) is 13.2 Å². The van der Waals surface area contributed by atoms with E-state index < -0.39 is 12.1 Å². The molecule has 0 bridgehead atoms. The van der Waals surface area contributed by atoms with Crippen LogP contribution in [0.15, 0.2) is 18.2 Å². The molecule has 0 radical (unpaired) electrons. The lowest BCUT2D eigenvalue weighted by Gasteiger charge is -2.58. The van der Waals surface area contributed by atoms with Crippen molar-refractivity contribution in [2.75, 3.05) is 13.1 Å². The SMILES string of the molecule is CC(=O)N1CC2(CC(Oc3ccc(OC(F)(F)F)cc3C#N)C2)C1. The molecular weight excluding hydrogens is 325 g/mol. The Morgan fingerprint density at radius 3 is 2.58 bits per heavy atom. The predicted octanol–water partition coefficient (Wildman–Crippen LogP) is 2.85. The summed E-state index contributed by atoms with van der Waals surface area (Å²) in [5.41, 5.74) is 0.0966. The zero-order valence-electron chi connectivity index (χ0n) is 12.9. The molecule has 3 rings (SSSR count). The molecule has 24 heavy (non-hydrogen) atoms. The molecule has 128 valence electrons. The summed E-state index contributed by atoms with van der Waals surface area (Å²) in [5, 5.41) is 9.09. The summed E-state index contributed by atoms with van der Waals surface area (Å²) in [6.07, 6.45) is -3.37. The summed E-state index contributed by atoms with van der Waals surface area (Å²) in [7, 11) is 0. The number of benzene rings is 1. The highest BCUT2D eigenvalue weighted by Gasteiger charge is 2.54. The smallest absolute Gasteiger partial charge is 0.489 e. The van der Waals surface area contributed by atoms with Crippen molar-refractivity contribution in [1.29, 1.82) is 5.26 Å². The number of carbonyl (C=O) groups is 1. The average Bonchev–Trinajstić information content (AvgIpc) is 2.38. The van der Waals surface area contributed by atoms with Crippen LogP contribution in [0.2, 0.25) is 0 Å². The number of likely N-dealkylation sites (tertiary alicyclic amines) is 1. The van der Waals surface area contributed by atoms with Gasteiger partial charge in [0, 0.05) is 31.5 Å². The van der Waals surface area contributed by atoms with Gasteiger partial charge < -0.3 is 14.4 Å². The zero-order chi connectivity index (χ0) is 17.5. The van der Waals surface area contributed by atoms with Gasteiger partial charge in [-0.25, -0.2) is 0 Å². The van der Waals surface area contributed by atoms with Crippen molar-refractivity contribution in [3.05, 3.63) is 23.8 Å². The van der Waals surface area contributed by atoms with Crippen molar-refractivity contribution in [3.63, 3.8) is 0 Å². The van der Waals surface area contributed by atoms with E-state index in [1.165, 1.54) is 13.0 Å². The van der Waals surface area contributed by atoms with Crippen LogP contribution in [0, 0.1) is 16.7 Å². The molecule has 0 atom stereocenters. The van der Waals surface area contributed by atoms with E-state index in [0.29, 0.717) is 13.1 Å². The second-order valence-corrected chi connectivity index (χ2v) is 6.34. The summed E-state index contributed by atoms with van der Waals surface area (Å²) in [5.74, 6) is -0.154. The van der Waals surface area contributed by atoms with Gasteiger partial charge in [-0.1, -0.05) is 0 Å². The van der Waals surface area contributed by atoms with Crippen molar-refractivity contribution in [2.24, 2.45) is 5.41 Å². The highest BCUT2D eigenvalue weighted by molar-refractivity contribution is 5.74. The number of ether oxygens (including phenoxy) is 2. The zero-order valence-corrected chi connectivity index (χ0v) is 12.9. The minimum atomic E-state index is -4.80. The lowest BCUT2D eigenvalue weighted by atomic mass is 9.61. The van der Waals surface area contributed by atoms with Crippen LogP contribution in [0.3, 0.4) is 0 Å². The van der Waals surface area contributed by atoms with E-state index in [1.807, 2.05) is 6.07 Å². The van der Waals surface area contributed by atoms with Gasteiger partial charge in [-0.2, -0.15) is 5.26 Å². The molecule has 2 fully saturated rings. The van der Waals surface area contributed by atoms with E-state index in [4.69, 9.17) is 10.00 Å². The maximum absolute atomic E-state index is 12.2. The third-order valence-corrected chi connectivity index (χ3v) is 4.42. The Bertz CT molecular complexity index is 697. The summed E-state index contributed by atoms with van der Waals surface area (Å²) in [6, 6.07) is 5.27. The number of nitrogens with zero attached hydrogens (tertiary/aromatic N) is 2. The first-order valence-corrected chi connectivity index (χ1v) is 7.42. The molecule has 2 aliphatic rings. The van der Waals surface area contributed by atoms with Crippen LogP contribution in [-0.2, 0) is 4.79 Å². The van der Waals surface area contributed by atoms with Gasteiger partial charge in [0.15, 0.2) is 0 Å². The Labute approximate surface area is 136 Å². The largest absolute Gasteiger partial charge is 0.573 e. The Balaban J connectivity index is 1.59. The molecule has 5 nitrogen and oxygen atoms in total. The first-order chi connectivity index (χ1) is 11.2. The molecule has 8 heteroatoms. The normalized spacial score (nSPS) is 19.2. The van der Waals surface area contributed by atoms with Crippen LogP contribution in [0.25, 0.3) is 0 Å². The van der Waals surface area contributed by atoms with Gasteiger partial charge >= 0.3 is 6.36 Å². The van der Waals surface area contributed by atoms with Crippen LogP contribution >= 0.6 is 0 Å². The molecule has 1 aliphatic heterocycles.